The van der Waals surface area contributed by atoms with Gasteiger partial charge in [0.25, 0.3) is 0 Å². The number of amides is 2. The predicted molar refractivity (Wildman–Crippen MR) is 101 cm³/mol. The number of carbonyl (C=O) groups is 2. The van der Waals surface area contributed by atoms with Crippen LogP contribution in [0, 0.1) is 5.92 Å². The molecule has 26 heavy (non-hydrogen) atoms. The molecule has 1 aromatic carbocycles. The van der Waals surface area contributed by atoms with Gasteiger partial charge in [0.05, 0.1) is 6.54 Å². The van der Waals surface area contributed by atoms with E-state index in [1.165, 1.54) is 6.42 Å². The van der Waals surface area contributed by atoms with Gasteiger partial charge < -0.3 is 14.5 Å². The van der Waals surface area contributed by atoms with Gasteiger partial charge in [-0.3, -0.25) is 9.59 Å². The summed E-state index contributed by atoms with van der Waals surface area (Å²) >= 11 is 0. The van der Waals surface area contributed by atoms with Crippen LogP contribution in [0.3, 0.4) is 0 Å². The number of likely N-dealkylation sites (N-methyl/N-ethyl adjacent to an activating group) is 1. The SMILES string of the molecule is CN(CCOc1ccccc1)C(=O)C1CCCN1C(=O)C1CCCCC1. The molecule has 1 heterocycles. The highest BCUT2D eigenvalue weighted by atomic mass is 16.5. The third-order valence-corrected chi connectivity index (χ3v) is 5.59. The second-order valence-corrected chi connectivity index (χ2v) is 7.45. The topological polar surface area (TPSA) is 49.9 Å². The van der Waals surface area contributed by atoms with Crippen molar-refractivity contribution in [3.63, 3.8) is 0 Å². The molecule has 1 saturated heterocycles. The largest absolute Gasteiger partial charge is 0.492 e. The highest BCUT2D eigenvalue weighted by Crippen LogP contribution is 2.29. The highest BCUT2D eigenvalue weighted by molar-refractivity contribution is 5.89. The summed E-state index contributed by atoms with van der Waals surface area (Å²) in [7, 11) is 1.80. The molecule has 0 spiro atoms. The molecule has 142 valence electrons. The lowest BCUT2D eigenvalue weighted by atomic mass is 9.88. The molecular formula is C21H30N2O3. The zero-order valence-corrected chi connectivity index (χ0v) is 15.7. The Kier molecular flexibility index (Phi) is 6.53. The van der Waals surface area contributed by atoms with Crippen molar-refractivity contribution in [3.05, 3.63) is 30.3 Å². The molecule has 1 unspecified atom stereocenters. The maximum atomic E-state index is 12.9. The summed E-state index contributed by atoms with van der Waals surface area (Å²) in [5.41, 5.74) is 0. The minimum absolute atomic E-state index is 0.0447. The van der Waals surface area contributed by atoms with Crippen molar-refractivity contribution >= 4 is 11.8 Å². The van der Waals surface area contributed by atoms with Gasteiger partial charge in [-0.25, -0.2) is 0 Å². The van der Waals surface area contributed by atoms with Crippen LogP contribution in [-0.2, 0) is 9.59 Å². The number of hydrogen-bond donors (Lipinski definition) is 0. The molecule has 1 aromatic rings. The first-order chi connectivity index (χ1) is 12.7. The van der Waals surface area contributed by atoms with Gasteiger partial charge in [-0.1, -0.05) is 37.5 Å². The highest BCUT2D eigenvalue weighted by Gasteiger charge is 2.38. The Morgan fingerprint density at radius 2 is 1.81 bits per heavy atom. The van der Waals surface area contributed by atoms with Crippen molar-refractivity contribution in [1.82, 2.24) is 9.80 Å². The molecule has 5 nitrogen and oxygen atoms in total. The fraction of sp³-hybridized carbons (Fsp3) is 0.619. The minimum Gasteiger partial charge on any atom is -0.492 e. The normalized spacial score (nSPS) is 20.8. The molecule has 3 rings (SSSR count). The average Bonchev–Trinajstić information content (AvgIpc) is 3.18. The van der Waals surface area contributed by atoms with Crippen LogP contribution in [-0.4, -0.2) is 54.4 Å². The lowest BCUT2D eigenvalue weighted by molar-refractivity contribution is -0.146. The Bertz CT molecular complexity index is 599. The van der Waals surface area contributed by atoms with E-state index in [1.807, 2.05) is 35.2 Å². The van der Waals surface area contributed by atoms with Crippen molar-refractivity contribution in [2.24, 2.45) is 5.92 Å². The molecule has 1 aliphatic carbocycles. The van der Waals surface area contributed by atoms with Crippen LogP contribution < -0.4 is 4.74 Å². The van der Waals surface area contributed by atoms with Crippen molar-refractivity contribution in [3.8, 4) is 5.75 Å². The number of benzene rings is 1. The van der Waals surface area contributed by atoms with E-state index in [2.05, 4.69) is 0 Å². The summed E-state index contributed by atoms with van der Waals surface area (Å²) < 4.78 is 5.68. The number of nitrogens with zero attached hydrogens (tertiary/aromatic N) is 2. The van der Waals surface area contributed by atoms with Crippen molar-refractivity contribution in [2.45, 2.75) is 51.0 Å². The maximum Gasteiger partial charge on any atom is 0.245 e. The van der Waals surface area contributed by atoms with Gasteiger partial charge >= 0.3 is 0 Å². The number of carbonyl (C=O) groups excluding carboxylic acids is 2. The van der Waals surface area contributed by atoms with Crippen LogP contribution >= 0.6 is 0 Å². The second-order valence-electron chi connectivity index (χ2n) is 7.45. The fourth-order valence-electron chi connectivity index (χ4n) is 4.05. The van der Waals surface area contributed by atoms with Gasteiger partial charge in [-0.05, 0) is 37.8 Å². The standard InChI is InChI=1S/C21H30N2O3/c1-22(15-16-26-18-11-6-3-7-12-18)21(25)19-13-8-14-23(19)20(24)17-9-4-2-5-10-17/h3,6-7,11-12,17,19H,2,4-5,8-10,13-16H2,1H3. The molecule has 1 aliphatic heterocycles. The van der Waals surface area contributed by atoms with Crippen LogP contribution in [0.1, 0.15) is 44.9 Å². The molecule has 2 aliphatic rings. The van der Waals surface area contributed by atoms with Gasteiger partial charge in [-0.2, -0.15) is 0 Å². The van der Waals surface area contributed by atoms with Gasteiger partial charge in [0.1, 0.15) is 18.4 Å². The quantitative estimate of drug-likeness (QED) is 0.785. The van der Waals surface area contributed by atoms with E-state index in [0.29, 0.717) is 13.2 Å². The lowest BCUT2D eigenvalue weighted by Crippen LogP contribution is -2.49. The van der Waals surface area contributed by atoms with E-state index >= 15 is 0 Å². The molecule has 0 bridgehead atoms. The number of rotatable bonds is 6. The van der Waals surface area contributed by atoms with E-state index in [1.54, 1.807) is 11.9 Å². The van der Waals surface area contributed by atoms with E-state index in [9.17, 15) is 9.59 Å². The Labute approximate surface area is 156 Å². The Morgan fingerprint density at radius 1 is 1.08 bits per heavy atom. The smallest absolute Gasteiger partial charge is 0.245 e. The Balaban J connectivity index is 1.51. The van der Waals surface area contributed by atoms with E-state index in [4.69, 9.17) is 4.74 Å². The Hall–Kier alpha value is -2.04. The van der Waals surface area contributed by atoms with Crippen molar-refractivity contribution in [2.75, 3.05) is 26.7 Å². The van der Waals surface area contributed by atoms with Gasteiger partial charge in [-0.15, -0.1) is 0 Å². The molecule has 1 atom stereocenters. The molecule has 2 fully saturated rings. The van der Waals surface area contributed by atoms with E-state index < -0.39 is 0 Å². The van der Waals surface area contributed by atoms with Gasteiger partial charge in [0.2, 0.25) is 11.8 Å². The number of hydrogen-bond acceptors (Lipinski definition) is 3. The average molecular weight is 358 g/mol. The number of likely N-dealkylation sites (tertiary alicyclic amines) is 1. The molecule has 0 aromatic heterocycles. The molecule has 0 N–H and O–H groups in total. The van der Waals surface area contributed by atoms with Crippen LogP contribution in [0.5, 0.6) is 5.75 Å². The first-order valence-electron chi connectivity index (χ1n) is 9.90. The Morgan fingerprint density at radius 3 is 2.54 bits per heavy atom. The monoisotopic (exact) mass is 358 g/mol. The molecule has 1 saturated carbocycles. The lowest BCUT2D eigenvalue weighted by Gasteiger charge is -2.32. The summed E-state index contributed by atoms with van der Waals surface area (Å²) in [5.74, 6) is 1.19. The van der Waals surface area contributed by atoms with Crippen LogP contribution in [0.2, 0.25) is 0 Å². The molecule has 0 radical (unpaired) electrons. The fourth-order valence-corrected chi connectivity index (χ4v) is 4.05. The maximum absolute atomic E-state index is 12.9. The first kappa shape index (κ1) is 18.7. The third kappa shape index (κ3) is 4.57. The number of ether oxygens (including phenoxy) is 1. The zero-order valence-electron chi connectivity index (χ0n) is 15.7. The van der Waals surface area contributed by atoms with Crippen LogP contribution in [0.25, 0.3) is 0 Å². The minimum atomic E-state index is -0.286. The summed E-state index contributed by atoms with van der Waals surface area (Å²) in [4.78, 5) is 29.3. The van der Waals surface area contributed by atoms with Crippen LogP contribution in [0.15, 0.2) is 30.3 Å². The van der Waals surface area contributed by atoms with Crippen molar-refractivity contribution < 1.29 is 14.3 Å². The molecular weight excluding hydrogens is 328 g/mol. The van der Waals surface area contributed by atoms with E-state index in [-0.39, 0.29) is 23.8 Å². The van der Waals surface area contributed by atoms with Gasteiger partial charge in [0.15, 0.2) is 0 Å². The van der Waals surface area contributed by atoms with Crippen LogP contribution in [0.4, 0.5) is 0 Å². The molecule has 5 heteroatoms. The number of para-hydroxylation sites is 1. The molecule has 2 amide bonds. The third-order valence-electron chi connectivity index (χ3n) is 5.59. The van der Waals surface area contributed by atoms with Gasteiger partial charge in [0, 0.05) is 19.5 Å². The van der Waals surface area contributed by atoms with E-state index in [0.717, 1.165) is 50.8 Å². The second kappa shape index (κ2) is 9.06. The zero-order chi connectivity index (χ0) is 18.4. The first-order valence-corrected chi connectivity index (χ1v) is 9.90. The summed E-state index contributed by atoms with van der Waals surface area (Å²) in [6, 6.07) is 9.33. The summed E-state index contributed by atoms with van der Waals surface area (Å²) in [5, 5.41) is 0. The predicted octanol–water partition coefficient (Wildman–Crippen LogP) is 3.10. The summed E-state index contributed by atoms with van der Waals surface area (Å²) in [6.07, 6.45) is 7.17. The summed E-state index contributed by atoms with van der Waals surface area (Å²) in [6.45, 7) is 1.70. The van der Waals surface area contributed by atoms with Crippen molar-refractivity contribution in [1.29, 1.82) is 0 Å².